The van der Waals surface area contributed by atoms with Gasteiger partial charge in [-0.2, -0.15) is 0 Å². The number of hydrogen-bond donors (Lipinski definition) is 2. The highest BCUT2D eigenvalue weighted by Gasteiger charge is 2.14. The van der Waals surface area contributed by atoms with Crippen molar-refractivity contribution in [2.75, 3.05) is 5.32 Å². The number of anilines is 1. The van der Waals surface area contributed by atoms with E-state index in [1.165, 1.54) is 12.1 Å². The van der Waals surface area contributed by atoms with E-state index in [-0.39, 0.29) is 5.56 Å². The minimum absolute atomic E-state index is 0.224. The SMILES string of the molecule is O=C(Nc1cc(F)cc(F)c1F)c1ccc(S)cc1. The van der Waals surface area contributed by atoms with E-state index in [2.05, 4.69) is 17.9 Å². The number of carbonyl (C=O) groups excluding carboxylic acids is 1. The molecule has 0 aromatic heterocycles. The van der Waals surface area contributed by atoms with Crippen molar-refractivity contribution in [3.63, 3.8) is 0 Å². The molecule has 0 radical (unpaired) electrons. The molecule has 1 N–H and O–H groups in total. The summed E-state index contributed by atoms with van der Waals surface area (Å²) in [6.45, 7) is 0. The molecule has 98 valence electrons. The van der Waals surface area contributed by atoms with E-state index in [4.69, 9.17) is 0 Å². The van der Waals surface area contributed by atoms with Gasteiger partial charge in [0.1, 0.15) is 5.82 Å². The summed E-state index contributed by atoms with van der Waals surface area (Å²) in [7, 11) is 0. The number of thiol groups is 1. The van der Waals surface area contributed by atoms with Gasteiger partial charge in [-0.25, -0.2) is 13.2 Å². The molecular formula is C13H8F3NOS. The Labute approximate surface area is 112 Å². The predicted molar refractivity (Wildman–Crippen MR) is 68.0 cm³/mol. The molecule has 6 heteroatoms. The van der Waals surface area contributed by atoms with Crippen LogP contribution < -0.4 is 5.32 Å². The van der Waals surface area contributed by atoms with E-state index in [0.717, 1.165) is 0 Å². The van der Waals surface area contributed by atoms with Crippen molar-refractivity contribution in [3.05, 3.63) is 59.4 Å². The summed E-state index contributed by atoms with van der Waals surface area (Å²) in [6.07, 6.45) is 0. The van der Waals surface area contributed by atoms with Gasteiger partial charge in [0, 0.05) is 22.6 Å². The second-order valence-corrected chi connectivity index (χ2v) is 4.27. The van der Waals surface area contributed by atoms with Gasteiger partial charge in [-0.3, -0.25) is 4.79 Å². The van der Waals surface area contributed by atoms with Crippen LogP contribution in [0.3, 0.4) is 0 Å². The van der Waals surface area contributed by atoms with Crippen LogP contribution in [-0.2, 0) is 0 Å². The average Bonchev–Trinajstić information content (AvgIpc) is 2.36. The van der Waals surface area contributed by atoms with Crippen LogP contribution in [-0.4, -0.2) is 5.91 Å². The third-order valence-corrected chi connectivity index (χ3v) is 2.67. The number of carbonyl (C=O) groups is 1. The van der Waals surface area contributed by atoms with Gasteiger partial charge in [-0.1, -0.05) is 0 Å². The Kier molecular flexibility index (Phi) is 3.80. The summed E-state index contributed by atoms with van der Waals surface area (Å²) >= 11 is 4.05. The molecule has 0 saturated heterocycles. The fraction of sp³-hybridized carbons (Fsp3) is 0. The van der Waals surface area contributed by atoms with E-state index >= 15 is 0 Å². The van der Waals surface area contributed by atoms with Gasteiger partial charge in [0.2, 0.25) is 0 Å². The number of nitrogens with one attached hydrogen (secondary N) is 1. The summed E-state index contributed by atoms with van der Waals surface area (Å²) in [5, 5.41) is 2.11. The second-order valence-electron chi connectivity index (χ2n) is 3.75. The highest BCUT2D eigenvalue weighted by Crippen LogP contribution is 2.20. The molecule has 0 fully saturated rings. The zero-order chi connectivity index (χ0) is 14.0. The third kappa shape index (κ3) is 3.08. The van der Waals surface area contributed by atoms with Crippen LogP contribution >= 0.6 is 12.6 Å². The molecule has 0 heterocycles. The standard InChI is InChI=1S/C13H8F3NOS/c14-8-5-10(15)12(16)11(6-8)17-13(18)7-1-3-9(19)4-2-7/h1-6,19H,(H,17,18). The van der Waals surface area contributed by atoms with Crippen molar-refractivity contribution in [1.82, 2.24) is 0 Å². The molecule has 19 heavy (non-hydrogen) atoms. The van der Waals surface area contributed by atoms with E-state index in [0.29, 0.717) is 17.0 Å². The summed E-state index contributed by atoms with van der Waals surface area (Å²) in [5.41, 5.74) is -0.320. The van der Waals surface area contributed by atoms with Crippen molar-refractivity contribution in [1.29, 1.82) is 0 Å². The highest BCUT2D eigenvalue weighted by molar-refractivity contribution is 7.80. The lowest BCUT2D eigenvalue weighted by molar-refractivity contribution is 0.102. The maximum absolute atomic E-state index is 13.4. The van der Waals surface area contributed by atoms with Crippen LogP contribution in [0.15, 0.2) is 41.3 Å². The molecule has 2 nitrogen and oxygen atoms in total. The first kappa shape index (κ1) is 13.5. The smallest absolute Gasteiger partial charge is 0.255 e. The normalized spacial score (nSPS) is 10.3. The van der Waals surface area contributed by atoms with E-state index in [1.807, 2.05) is 0 Å². The van der Waals surface area contributed by atoms with Crippen LogP contribution in [0.25, 0.3) is 0 Å². The lowest BCUT2D eigenvalue weighted by atomic mass is 10.2. The van der Waals surface area contributed by atoms with Crippen molar-refractivity contribution < 1.29 is 18.0 Å². The Balaban J connectivity index is 2.26. The molecule has 0 spiro atoms. The fourth-order valence-electron chi connectivity index (χ4n) is 1.45. The van der Waals surface area contributed by atoms with Gasteiger partial charge in [0.05, 0.1) is 5.69 Å². The Hall–Kier alpha value is -1.95. The Morgan fingerprint density at radius 2 is 1.68 bits per heavy atom. The Morgan fingerprint density at radius 3 is 2.32 bits per heavy atom. The molecule has 2 aromatic carbocycles. The van der Waals surface area contributed by atoms with Crippen molar-refractivity contribution in [2.45, 2.75) is 4.90 Å². The van der Waals surface area contributed by atoms with Gasteiger partial charge < -0.3 is 5.32 Å². The minimum atomic E-state index is -1.36. The predicted octanol–water partition coefficient (Wildman–Crippen LogP) is 3.64. The van der Waals surface area contributed by atoms with Gasteiger partial charge in [-0.05, 0) is 24.3 Å². The quantitative estimate of drug-likeness (QED) is 0.639. The molecule has 0 unspecified atom stereocenters. The van der Waals surface area contributed by atoms with Crippen molar-refractivity contribution in [3.8, 4) is 0 Å². The topological polar surface area (TPSA) is 29.1 Å². The van der Waals surface area contributed by atoms with Crippen molar-refractivity contribution >= 4 is 24.2 Å². The van der Waals surface area contributed by atoms with E-state index in [1.54, 1.807) is 12.1 Å². The number of benzene rings is 2. The molecule has 0 bridgehead atoms. The first-order chi connectivity index (χ1) is 8.97. The minimum Gasteiger partial charge on any atom is -0.319 e. The zero-order valence-electron chi connectivity index (χ0n) is 9.45. The molecular weight excluding hydrogens is 275 g/mol. The second kappa shape index (κ2) is 5.36. The number of rotatable bonds is 2. The van der Waals surface area contributed by atoms with Crippen molar-refractivity contribution in [2.24, 2.45) is 0 Å². The monoisotopic (exact) mass is 283 g/mol. The summed E-state index contributed by atoms with van der Waals surface area (Å²) in [4.78, 5) is 12.4. The van der Waals surface area contributed by atoms with Gasteiger partial charge in [0.25, 0.3) is 5.91 Å². The molecule has 0 aliphatic carbocycles. The maximum atomic E-state index is 13.4. The molecule has 2 aromatic rings. The summed E-state index contributed by atoms with van der Waals surface area (Å²) in [6, 6.07) is 7.18. The molecule has 0 aliphatic rings. The maximum Gasteiger partial charge on any atom is 0.255 e. The molecule has 1 amide bonds. The summed E-state index contributed by atoms with van der Waals surface area (Å²) in [5.74, 6) is -4.31. The molecule has 0 saturated carbocycles. The van der Waals surface area contributed by atoms with Crippen LogP contribution in [0.4, 0.5) is 18.9 Å². The fourth-order valence-corrected chi connectivity index (χ4v) is 1.60. The number of halogens is 3. The van der Waals surface area contributed by atoms with Crippen LogP contribution in [0.5, 0.6) is 0 Å². The van der Waals surface area contributed by atoms with Crippen LogP contribution in [0.1, 0.15) is 10.4 Å². The first-order valence-electron chi connectivity index (χ1n) is 5.22. The van der Waals surface area contributed by atoms with Gasteiger partial charge in [0.15, 0.2) is 11.6 Å². The van der Waals surface area contributed by atoms with E-state index in [9.17, 15) is 18.0 Å². The highest BCUT2D eigenvalue weighted by atomic mass is 32.1. The zero-order valence-corrected chi connectivity index (χ0v) is 10.3. The van der Waals surface area contributed by atoms with E-state index < -0.39 is 29.0 Å². The van der Waals surface area contributed by atoms with Crippen LogP contribution in [0.2, 0.25) is 0 Å². The molecule has 2 rings (SSSR count). The Bertz CT molecular complexity index is 629. The van der Waals surface area contributed by atoms with Gasteiger partial charge in [-0.15, -0.1) is 12.6 Å². The number of hydrogen-bond acceptors (Lipinski definition) is 2. The molecule has 0 atom stereocenters. The molecule has 0 aliphatic heterocycles. The van der Waals surface area contributed by atoms with Gasteiger partial charge >= 0.3 is 0 Å². The largest absolute Gasteiger partial charge is 0.319 e. The lowest BCUT2D eigenvalue weighted by Crippen LogP contribution is -2.13. The first-order valence-corrected chi connectivity index (χ1v) is 5.67. The Morgan fingerprint density at radius 1 is 1.05 bits per heavy atom. The van der Waals surface area contributed by atoms with Crippen LogP contribution in [0, 0.1) is 17.5 Å². The lowest BCUT2D eigenvalue weighted by Gasteiger charge is -2.07. The average molecular weight is 283 g/mol. The summed E-state index contributed by atoms with van der Waals surface area (Å²) < 4.78 is 39.3. The third-order valence-electron chi connectivity index (χ3n) is 2.37. The number of amides is 1.